The van der Waals surface area contributed by atoms with Gasteiger partial charge >= 0.3 is 5.97 Å². The maximum absolute atomic E-state index is 12.2. The highest BCUT2D eigenvalue weighted by Crippen LogP contribution is 2.34. The zero-order chi connectivity index (χ0) is 21.2. The summed E-state index contributed by atoms with van der Waals surface area (Å²) in [5.41, 5.74) is 0.968. The Hall–Kier alpha value is -1.48. The van der Waals surface area contributed by atoms with Crippen molar-refractivity contribution in [1.29, 1.82) is 0 Å². The van der Waals surface area contributed by atoms with Crippen LogP contribution in [0.2, 0.25) is 0 Å². The van der Waals surface area contributed by atoms with E-state index in [4.69, 9.17) is 9.84 Å². The van der Waals surface area contributed by atoms with Crippen LogP contribution in [0.1, 0.15) is 18.4 Å². The Kier molecular flexibility index (Phi) is 10.1. The molecular weight excluding hydrogens is 412 g/mol. The van der Waals surface area contributed by atoms with Gasteiger partial charge in [-0.25, -0.2) is 0 Å². The van der Waals surface area contributed by atoms with Crippen LogP contribution in [0.4, 0.5) is 0 Å². The van der Waals surface area contributed by atoms with E-state index >= 15 is 0 Å². The second-order valence-corrected chi connectivity index (χ2v) is 9.27. The quantitative estimate of drug-likeness (QED) is 0.336. The lowest BCUT2D eigenvalue weighted by Gasteiger charge is -2.17. The SMILES string of the molecule is COc1ccc(CC(O)/C=C/[C@H]2[C@H](O)CC(=O)[C@@H]2SCCCSCC(=O)O)cc1. The molecule has 1 aromatic rings. The molecule has 1 fully saturated rings. The van der Waals surface area contributed by atoms with Crippen molar-refractivity contribution >= 4 is 35.3 Å². The minimum Gasteiger partial charge on any atom is -0.497 e. The normalized spacial score (nSPS) is 22.9. The average Bonchev–Trinajstić information content (AvgIpc) is 2.95. The van der Waals surface area contributed by atoms with Gasteiger partial charge in [-0.15, -0.1) is 11.8 Å². The number of aliphatic hydroxyl groups excluding tert-OH is 2. The number of thioether (sulfide) groups is 2. The first-order valence-corrected chi connectivity index (χ1v) is 11.7. The first-order valence-electron chi connectivity index (χ1n) is 9.52. The van der Waals surface area contributed by atoms with Crippen LogP contribution < -0.4 is 4.74 Å². The molecule has 29 heavy (non-hydrogen) atoms. The van der Waals surface area contributed by atoms with Crippen molar-refractivity contribution < 1.29 is 29.6 Å². The summed E-state index contributed by atoms with van der Waals surface area (Å²) < 4.78 is 5.12. The van der Waals surface area contributed by atoms with Gasteiger partial charge in [-0.05, 0) is 35.6 Å². The van der Waals surface area contributed by atoms with E-state index in [2.05, 4.69) is 0 Å². The van der Waals surface area contributed by atoms with E-state index in [1.165, 1.54) is 23.5 Å². The predicted molar refractivity (Wildman–Crippen MR) is 117 cm³/mol. The van der Waals surface area contributed by atoms with E-state index in [-0.39, 0.29) is 29.1 Å². The van der Waals surface area contributed by atoms with Crippen LogP contribution in [0.25, 0.3) is 0 Å². The van der Waals surface area contributed by atoms with Crippen LogP contribution in [0.5, 0.6) is 5.75 Å². The van der Waals surface area contributed by atoms with Gasteiger partial charge in [-0.2, -0.15) is 11.8 Å². The lowest BCUT2D eigenvalue weighted by Crippen LogP contribution is -2.22. The monoisotopic (exact) mass is 440 g/mol. The molecule has 2 rings (SSSR count). The van der Waals surface area contributed by atoms with Crippen LogP contribution in [0.3, 0.4) is 0 Å². The molecule has 0 aromatic heterocycles. The number of aliphatic carboxylic acids is 1. The molecule has 1 saturated carbocycles. The Morgan fingerprint density at radius 2 is 2.03 bits per heavy atom. The number of carbonyl (C=O) groups is 2. The number of aliphatic hydroxyl groups is 2. The van der Waals surface area contributed by atoms with Gasteiger partial charge < -0.3 is 20.1 Å². The molecule has 4 atom stereocenters. The van der Waals surface area contributed by atoms with Gasteiger partial charge in [0.05, 0.1) is 30.3 Å². The Morgan fingerprint density at radius 3 is 2.69 bits per heavy atom. The highest BCUT2D eigenvalue weighted by molar-refractivity contribution is 8.01. The van der Waals surface area contributed by atoms with Crippen molar-refractivity contribution in [2.24, 2.45) is 5.92 Å². The van der Waals surface area contributed by atoms with Crippen molar-refractivity contribution in [2.75, 3.05) is 24.4 Å². The summed E-state index contributed by atoms with van der Waals surface area (Å²) in [5.74, 6) is 1.19. The van der Waals surface area contributed by atoms with Crippen molar-refractivity contribution in [3.63, 3.8) is 0 Å². The first kappa shape index (κ1) is 23.8. The molecule has 0 aliphatic heterocycles. The van der Waals surface area contributed by atoms with Gasteiger partial charge in [0.1, 0.15) is 11.5 Å². The molecule has 1 aliphatic carbocycles. The Balaban J connectivity index is 1.83. The molecule has 8 heteroatoms. The number of methoxy groups -OCH3 is 1. The van der Waals surface area contributed by atoms with E-state index in [0.717, 1.165) is 29.2 Å². The summed E-state index contributed by atoms with van der Waals surface area (Å²) in [6.07, 6.45) is 3.37. The van der Waals surface area contributed by atoms with Crippen molar-refractivity contribution in [1.82, 2.24) is 0 Å². The Labute approximate surface area is 179 Å². The van der Waals surface area contributed by atoms with E-state index in [1.54, 1.807) is 19.3 Å². The summed E-state index contributed by atoms with van der Waals surface area (Å²) in [6, 6.07) is 7.47. The molecule has 0 heterocycles. The zero-order valence-electron chi connectivity index (χ0n) is 16.4. The van der Waals surface area contributed by atoms with Crippen LogP contribution in [-0.4, -0.2) is 68.9 Å². The van der Waals surface area contributed by atoms with E-state index in [1.807, 2.05) is 24.3 Å². The molecule has 3 N–H and O–H groups in total. The molecule has 0 saturated heterocycles. The second-order valence-electron chi connectivity index (χ2n) is 6.91. The zero-order valence-corrected chi connectivity index (χ0v) is 18.0. The van der Waals surface area contributed by atoms with Gasteiger partial charge in [-0.1, -0.05) is 24.3 Å². The van der Waals surface area contributed by atoms with Crippen LogP contribution >= 0.6 is 23.5 Å². The first-order chi connectivity index (χ1) is 13.9. The van der Waals surface area contributed by atoms with E-state index in [9.17, 15) is 19.8 Å². The third kappa shape index (κ3) is 8.04. The fourth-order valence-corrected chi connectivity index (χ4v) is 5.36. The molecule has 6 nitrogen and oxygen atoms in total. The summed E-state index contributed by atoms with van der Waals surface area (Å²) in [4.78, 5) is 22.7. The highest BCUT2D eigenvalue weighted by atomic mass is 32.2. The number of carboxylic acids is 1. The smallest absolute Gasteiger partial charge is 0.313 e. The molecule has 0 amide bonds. The number of ketones is 1. The summed E-state index contributed by atoms with van der Waals surface area (Å²) in [7, 11) is 1.60. The Bertz CT molecular complexity index is 691. The van der Waals surface area contributed by atoms with E-state index < -0.39 is 18.2 Å². The number of rotatable bonds is 12. The maximum Gasteiger partial charge on any atom is 0.313 e. The molecule has 1 aromatic carbocycles. The topological polar surface area (TPSA) is 104 Å². The molecule has 0 spiro atoms. The molecule has 0 radical (unpaired) electrons. The van der Waals surface area contributed by atoms with Gasteiger partial charge in [0, 0.05) is 18.8 Å². The fraction of sp³-hybridized carbons (Fsp3) is 0.524. The van der Waals surface area contributed by atoms with Crippen molar-refractivity contribution in [3.05, 3.63) is 42.0 Å². The minimum atomic E-state index is -0.824. The average molecular weight is 441 g/mol. The standard InChI is InChI=1S/C21H28O6S2/c1-27-16-6-3-14(4-7-16)11-15(22)5-8-17-18(23)12-19(24)21(17)29-10-2-9-28-13-20(25)26/h3-8,15,17-18,21-23H,2,9-13H2,1H3,(H,25,26)/b8-5+/t15?,17-,18+,21+/m0/s1. The number of carbonyl (C=O) groups excluding carboxylic acids is 1. The van der Waals surface area contributed by atoms with Crippen LogP contribution in [-0.2, 0) is 16.0 Å². The number of benzene rings is 1. The third-order valence-corrected chi connectivity index (χ3v) is 7.13. The number of carboxylic acid groups (broad SMARTS) is 1. The van der Waals surface area contributed by atoms with Gasteiger partial charge in [-0.3, -0.25) is 9.59 Å². The highest BCUT2D eigenvalue weighted by Gasteiger charge is 2.40. The molecule has 1 aliphatic rings. The predicted octanol–water partition coefficient (Wildman–Crippen LogP) is 2.41. The summed E-state index contributed by atoms with van der Waals surface area (Å²) in [6.45, 7) is 0. The van der Waals surface area contributed by atoms with Gasteiger partial charge in [0.2, 0.25) is 0 Å². The Morgan fingerprint density at radius 1 is 1.31 bits per heavy atom. The lowest BCUT2D eigenvalue weighted by molar-refractivity contribution is -0.133. The molecular formula is C21H28O6S2. The second kappa shape index (κ2) is 12.3. The molecule has 0 bridgehead atoms. The summed E-state index contributed by atoms with van der Waals surface area (Å²) >= 11 is 2.87. The molecule has 1 unspecified atom stereocenters. The minimum absolute atomic E-state index is 0.0278. The number of hydrogen-bond donors (Lipinski definition) is 3. The number of Topliss-reactive ketones (excluding diaryl/α,β-unsaturated/α-hetero) is 1. The lowest BCUT2D eigenvalue weighted by atomic mass is 10.0. The van der Waals surface area contributed by atoms with Crippen LogP contribution in [0.15, 0.2) is 36.4 Å². The third-order valence-electron chi connectivity index (χ3n) is 4.64. The van der Waals surface area contributed by atoms with Gasteiger partial charge in [0.15, 0.2) is 0 Å². The van der Waals surface area contributed by atoms with Crippen LogP contribution in [0, 0.1) is 5.92 Å². The fourth-order valence-electron chi connectivity index (χ4n) is 3.17. The van der Waals surface area contributed by atoms with Crippen molar-refractivity contribution in [3.8, 4) is 5.75 Å². The maximum atomic E-state index is 12.2. The molecule has 160 valence electrons. The largest absolute Gasteiger partial charge is 0.497 e. The number of ether oxygens (including phenoxy) is 1. The van der Waals surface area contributed by atoms with Crippen molar-refractivity contribution in [2.45, 2.75) is 36.7 Å². The summed E-state index contributed by atoms with van der Waals surface area (Å²) in [5, 5.41) is 28.9. The number of hydrogen-bond acceptors (Lipinski definition) is 7. The van der Waals surface area contributed by atoms with E-state index in [0.29, 0.717) is 6.42 Å². The van der Waals surface area contributed by atoms with Gasteiger partial charge in [0.25, 0.3) is 0 Å².